The Morgan fingerprint density at radius 3 is 0.880 bits per heavy atom. The van der Waals surface area contributed by atoms with E-state index >= 15 is 0 Å². The summed E-state index contributed by atoms with van der Waals surface area (Å²) in [5.74, 6) is -7.49. The summed E-state index contributed by atoms with van der Waals surface area (Å²) in [6, 6.07) is 21.3. The number of benzene rings is 5. The van der Waals surface area contributed by atoms with Crippen LogP contribution in [0.2, 0.25) is 0 Å². The van der Waals surface area contributed by atoms with Gasteiger partial charge < -0.3 is 88.8 Å². The molecule has 0 saturated heterocycles. The quantitative estimate of drug-likeness (QED) is 0.00830. The summed E-state index contributed by atoms with van der Waals surface area (Å²) in [5, 5.41) is 61.6. The predicted molar refractivity (Wildman–Crippen MR) is 486 cm³/mol. The smallest absolute Gasteiger partial charge is 0.250 e. The third-order valence-electron chi connectivity index (χ3n) is 16.2. The molecule has 676 valence electrons. The first kappa shape index (κ1) is 109. The highest BCUT2D eigenvalue weighted by molar-refractivity contribution is 9.10. The van der Waals surface area contributed by atoms with Crippen molar-refractivity contribution in [3.8, 4) is 18.2 Å². The SMILES string of the molecule is CC(C)C[C@@H](N)C(N)=O.CC(C)C[C@@H](Nc1cc(Br)c(C#N)cc1F)C(N)=O.Cc1cc(N)sn1.Cc1cc(Nc2cc(N[C@H](CC(C)C)C(N)=O)c(F)cc2C#N)sn1.Cc1cc(Nc2cc(N[C@H](CC(C)C)C(N)=O)c(F)cc2C(N)=O)sn1.Cc1cc(Nc2cc(N[C@H](CC(C)C)C(N)=O)c(F)cc2C(N)=O)sn1.N#Cc1cc(F)c(F)cc1Br.OO. The number of amides is 7. The van der Waals surface area contributed by atoms with Crippen LogP contribution in [-0.4, -0.2) is 99.6 Å². The maximum Gasteiger partial charge on any atom is 0.250 e. The van der Waals surface area contributed by atoms with Gasteiger partial charge in [0.25, 0.3) is 11.8 Å². The minimum atomic E-state index is -1.01. The first-order valence-corrected chi connectivity index (χ1v) is 42.4. The van der Waals surface area contributed by atoms with Crippen LogP contribution < -0.4 is 88.8 Å². The number of hydrogen-bond donors (Lipinski definition) is 18. The van der Waals surface area contributed by atoms with Gasteiger partial charge in [0.05, 0.1) is 96.4 Å². The van der Waals surface area contributed by atoms with E-state index in [9.17, 15) is 65.2 Å². The minimum absolute atomic E-state index is 0.00131. The van der Waals surface area contributed by atoms with Gasteiger partial charge >= 0.3 is 0 Å². The molecule has 0 aliphatic rings. The number of carbonyl (C=O) groups is 7. The largest absolute Gasteiger partial charge is 0.389 e. The highest BCUT2D eigenvalue weighted by Crippen LogP contribution is 2.35. The van der Waals surface area contributed by atoms with E-state index in [4.69, 9.17) is 72.6 Å². The van der Waals surface area contributed by atoms with Crippen LogP contribution in [0.15, 0.2) is 93.9 Å². The van der Waals surface area contributed by atoms with Crippen molar-refractivity contribution in [2.75, 3.05) is 43.0 Å². The highest BCUT2D eigenvalue weighted by Gasteiger charge is 2.26. The summed E-state index contributed by atoms with van der Waals surface area (Å²) in [4.78, 5) is 79.9. The fourth-order valence-electron chi connectivity index (χ4n) is 10.5. The van der Waals surface area contributed by atoms with E-state index in [1.807, 2.05) is 121 Å². The molecule has 0 saturated carbocycles. The van der Waals surface area contributed by atoms with Crippen molar-refractivity contribution in [2.45, 2.75) is 159 Å². The van der Waals surface area contributed by atoms with E-state index in [0.29, 0.717) is 69.6 Å². The number of rotatable bonds is 31. The van der Waals surface area contributed by atoms with Gasteiger partial charge in [-0.2, -0.15) is 33.3 Å². The zero-order valence-corrected chi connectivity index (χ0v) is 77.1. The molecule has 4 aromatic heterocycles. The van der Waals surface area contributed by atoms with E-state index in [2.05, 4.69) is 86.6 Å². The fourth-order valence-corrected chi connectivity index (χ4v) is 13.9. The van der Waals surface area contributed by atoms with Crippen molar-refractivity contribution in [3.05, 3.63) is 179 Å². The Balaban J connectivity index is 0.000000511. The number of aryl methyl sites for hydroxylation is 4. The summed E-state index contributed by atoms with van der Waals surface area (Å²) < 4.78 is 98.9. The van der Waals surface area contributed by atoms with E-state index in [1.165, 1.54) is 70.4 Å². The summed E-state index contributed by atoms with van der Waals surface area (Å²) in [6.45, 7) is 27.0. The minimum Gasteiger partial charge on any atom is -0.389 e. The molecule has 4 heterocycles. The van der Waals surface area contributed by atoms with Crippen LogP contribution in [0.25, 0.3) is 0 Å². The Bertz CT molecular complexity index is 5100. The second-order valence-electron chi connectivity index (χ2n) is 29.6. The van der Waals surface area contributed by atoms with Gasteiger partial charge in [0.15, 0.2) is 11.6 Å². The number of aromatic nitrogens is 4. The molecule has 0 aliphatic heterocycles. The molecule has 0 bridgehead atoms. The molecule has 9 rings (SSSR count). The average Bonchev–Trinajstić information content (AvgIpc) is 1.62. The normalized spacial score (nSPS) is 11.6. The first-order valence-electron chi connectivity index (χ1n) is 37.7. The van der Waals surface area contributed by atoms with Crippen molar-refractivity contribution in [1.29, 1.82) is 15.8 Å². The summed E-state index contributed by atoms with van der Waals surface area (Å²) in [5.41, 5.74) is 53.2. The lowest BCUT2D eigenvalue weighted by Gasteiger charge is -2.20. The molecular weight excluding hydrogens is 1840 g/mol. The number of carbonyl (C=O) groups excluding carboxylic acids is 7. The van der Waals surface area contributed by atoms with Gasteiger partial charge in [-0.15, -0.1) is 0 Å². The summed E-state index contributed by atoms with van der Waals surface area (Å²) in [6.07, 6.45) is 2.56. The molecule has 125 heavy (non-hydrogen) atoms. The molecule has 5 aromatic carbocycles. The zero-order chi connectivity index (χ0) is 95.1. The van der Waals surface area contributed by atoms with E-state index in [-0.39, 0.29) is 78.7 Å². The standard InChI is InChI=1S/2C17H22FN5O2S.C17H20FN5OS.C13H15BrFN3O.C7H2BrF2N.C6H14N2O.C4H6N2S.H2O2/c2*1-8(2)4-14(17(20)25)21-13-7-12(10(16(19)24)6-11(13)18)22-15-5-9(3)23-26-15;1-9(2)4-15(17(20)24)21-14-7-13(11(8-19)6-12(14)18)22-16-5-10(3)23-25-16;1-7(2)3-12(13(17)19)18-11-5-9(14)8(6-16)4-10(11)15;8-5-2-7(10)6(9)1-4(5)3-11;1-4(2)3-5(7)6(8)9;1-3-2-4(5)7-6-3;1-2/h2*5-8,14,21-22H,4H2,1-3H3,(H2,19,24)(H2,20,25);5-7,9,15,21-22H,4H2,1-3H3,(H2,20,24);4-5,7,12,18H,3H2,1-2H3,(H2,17,19);1-2H;4-5H,3,7H2,1-2H3,(H2,8,9);2H,5H2,1H3;1-2H/t2*14-;15-;12-;;5-;;/m1111.1../s1. The Morgan fingerprint density at radius 2 is 0.632 bits per heavy atom. The van der Waals surface area contributed by atoms with Gasteiger partial charge in [-0.05, 0) is 252 Å². The molecular formula is C81H103Br2F6N23O9S4. The van der Waals surface area contributed by atoms with Crippen molar-refractivity contribution in [3.63, 3.8) is 0 Å². The fraction of sp³-hybridized carbons (Fsp3) is 0.358. The van der Waals surface area contributed by atoms with Gasteiger partial charge in [0.1, 0.15) is 85.6 Å². The number of anilines is 11. The van der Waals surface area contributed by atoms with Crippen LogP contribution in [0.3, 0.4) is 0 Å². The lowest BCUT2D eigenvalue weighted by molar-refractivity contribution is -0.176. The number of hydrogen-bond acceptors (Lipinski definition) is 29. The Kier molecular flexibility index (Phi) is 47.3. The average molecular weight is 1940 g/mol. The molecule has 32 nitrogen and oxygen atoms in total. The van der Waals surface area contributed by atoms with Crippen molar-refractivity contribution in [2.24, 2.45) is 75.5 Å². The van der Waals surface area contributed by atoms with E-state index < -0.39 is 106 Å². The molecule has 0 spiro atoms. The van der Waals surface area contributed by atoms with Crippen LogP contribution in [0.1, 0.15) is 162 Å². The highest BCUT2D eigenvalue weighted by atomic mass is 79.9. The molecule has 0 unspecified atom stereocenters. The number of nitrogens with zero attached hydrogens (tertiary/aromatic N) is 7. The maximum absolute atomic E-state index is 14.4. The second kappa shape index (κ2) is 54.1. The van der Waals surface area contributed by atoms with Gasteiger partial charge in [0, 0.05) is 8.95 Å². The lowest BCUT2D eigenvalue weighted by atomic mass is 10.0. The molecule has 0 aliphatic carbocycles. The van der Waals surface area contributed by atoms with Gasteiger partial charge in [-0.25, -0.2) is 26.3 Å². The molecule has 5 atom stereocenters. The van der Waals surface area contributed by atoms with Crippen LogP contribution in [0.4, 0.5) is 86.2 Å². The molecule has 44 heteroatoms. The predicted octanol–water partition coefficient (Wildman–Crippen LogP) is 15.3. The third-order valence-corrected chi connectivity index (χ3v) is 20.6. The van der Waals surface area contributed by atoms with Gasteiger partial charge in [0.2, 0.25) is 29.5 Å². The molecule has 0 radical (unpaired) electrons. The Morgan fingerprint density at radius 1 is 0.368 bits per heavy atom. The molecule has 0 fully saturated rings. The molecule has 7 amide bonds. The van der Waals surface area contributed by atoms with Crippen molar-refractivity contribution >= 4 is 179 Å². The topological polar surface area (TPSA) is 601 Å². The Hall–Kier alpha value is -11.8. The number of nitrogens with two attached hydrogens (primary N) is 9. The second-order valence-corrected chi connectivity index (χ2v) is 34.5. The van der Waals surface area contributed by atoms with Crippen LogP contribution in [-0.2, 0) is 24.0 Å². The Labute approximate surface area is 753 Å². The zero-order valence-electron chi connectivity index (χ0n) is 70.6. The summed E-state index contributed by atoms with van der Waals surface area (Å²) >= 11 is 11.1. The first-order chi connectivity index (χ1) is 58.4. The lowest BCUT2D eigenvalue weighted by Crippen LogP contribution is -2.37. The van der Waals surface area contributed by atoms with Crippen LogP contribution in [0.5, 0.6) is 0 Å². The molecule has 27 N–H and O–H groups in total. The third kappa shape index (κ3) is 39.3. The van der Waals surface area contributed by atoms with Crippen molar-refractivity contribution < 1.29 is 70.4 Å². The monoisotopic (exact) mass is 1940 g/mol. The number of nitriles is 3. The van der Waals surface area contributed by atoms with Gasteiger partial charge in [-0.1, -0.05) is 69.2 Å². The number of primary amides is 7. The van der Waals surface area contributed by atoms with Crippen LogP contribution in [0, 0.1) is 126 Å². The van der Waals surface area contributed by atoms with E-state index in [1.54, 1.807) is 18.2 Å². The number of halogens is 8. The van der Waals surface area contributed by atoms with Crippen molar-refractivity contribution in [1.82, 2.24) is 17.5 Å². The molecule has 9 aromatic rings. The number of nitrogens with one attached hydrogen (secondary N) is 7. The van der Waals surface area contributed by atoms with Gasteiger partial charge in [-0.3, -0.25) is 44.1 Å². The summed E-state index contributed by atoms with van der Waals surface area (Å²) in [7, 11) is 0. The number of nitrogen functional groups attached to an aromatic ring is 1. The van der Waals surface area contributed by atoms with Crippen LogP contribution >= 0.6 is 78.0 Å². The van der Waals surface area contributed by atoms with E-state index in [0.717, 1.165) is 69.2 Å². The maximum atomic E-state index is 14.4.